The highest BCUT2D eigenvalue weighted by molar-refractivity contribution is 5.96. The van der Waals surface area contributed by atoms with Crippen LogP contribution in [0.5, 0.6) is 0 Å². The van der Waals surface area contributed by atoms with Gasteiger partial charge in [0.1, 0.15) is 12.1 Å². The Kier molecular flexibility index (Phi) is 3.93. The topological polar surface area (TPSA) is 49.4 Å². The Morgan fingerprint density at radius 2 is 1.89 bits per heavy atom. The normalized spacial score (nSPS) is 37.6. The molecule has 1 saturated heterocycles. The van der Waals surface area contributed by atoms with E-state index in [2.05, 4.69) is 12.2 Å². The molecule has 1 N–H and O–H groups in total. The zero-order valence-electron chi connectivity index (χ0n) is 11.6. The molecule has 1 saturated carbocycles. The monoisotopic (exact) mass is 252 g/mol. The number of hydrogen-bond donors (Lipinski definition) is 1. The van der Waals surface area contributed by atoms with Crippen molar-refractivity contribution in [2.45, 2.75) is 71.0 Å². The lowest BCUT2D eigenvalue weighted by Gasteiger charge is -2.45. The molecule has 0 bridgehead atoms. The van der Waals surface area contributed by atoms with Crippen molar-refractivity contribution in [2.75, 3.05) is 0 Å². The highest BCUT2D eigenvalue weighted by atomic mass is 16.2. The van der Waals surface area contributed by atoms with Crippen LogP contribution in [-0.2, 0) is 9.59 Å². The third-order valence-electron chi connectivity index (χ3n) is 4.50. The van der Waals surface area contributed by atoms with Gasteiger partial charge in [-0.1, -0.05) is 26.7 Å². The van der Waals surface area contributed by atoms with Crippen LogP contribution in [0.3, 0.4) is 0 Å². The van der Waals surface area contributed by atoms with Crippen LogP contribution in [0.25, 0.3) is 0 Å². The number of carbonyl (C=O) groups excluding carboxylic acids is 2. The summed E-state index contributed by atoms with van der Waals surface area (Å²) in [5.74, 6) is 0.621. The van der Waals surface area contributed by atoms with Gasteiger partial charge in [0, 0.05) is 6.04 Å². The molecule has 0 aromatic rings. The van der Waals surface area contributed by atoms with Crippen molar-refractivity contribution in [3.8, 4) is 0 Å². The summed E-state index contributed by atoms with van der Waals surface area (Å²) in [6.45, 7) is 6.00. The molecule has 4 atom stereocenters. The summed E-state index contributed by atoms with van der Waals surface area (Å²) in [4.78, 5) is 26.3. The summed E-state index contributed by atoms with van der Waals surface area (Å²) < 4.78 is 0. The quantitative estimate of drug-likeness (QED) is 0.813. The maximum Gasteiger partial charge on any atom is 0.246 e. The number of nitrogens with zero attached hydrogens (tertiary/aromatic N) is 1. The van der Waals surface area contributed by atoms with Crippen LogP contribution in [0.2, 0.25) is 0 Å². The zero-order valence-corrected chi connectivity index (χ0v) is 11.6. The number of amides is 2. The first-order valence-electron chi connectivity index (χ1n) is 7.18. The predicted octanol–water partition coefficient (Wildman–Crippen LogP) is 1.69. The van der Waals surface area contributed by atoms with E-state index in [9.17, 15) is 9.59 Å². The number of rotatable bonds is 2. The van der Waals surface area contributed by atoms with Crippen LogP contribution >= 0.6 is 0 Å². The van der Waals surface area contributed by atoms with Gasteiger partial charge in [-0.3, -0.25) is 9.59 Å². The average Bonchev–Trinajstić information content (AvgIpc) is 2.36. The van der Waals surface area contributed by atoms with Gasteiger partial charge in [-0.05, 0) is 32.1 Å². The SMILES string of the molecule is CCC1NC(=O)C(C)N(C2CCCCC2C)C1=O. The molecule has 1 heterocycles. The fourth-order valence-electron chi connectivity index (χ4n) is 3.29. The maximum absolute atomic E-state index is 12.5. The third kappa shape index (κ3) is 2.25. The summed E-state index contributed by atoms with van der Waals surface area (Å²) in [5.41, 5.74) is 0. The van der Waals surface area contributed by atoms with Crippen molar-refractivity contribution in [2.24, 2.45) is 5.92 Å². The predicted molar refractivity (Wildman–Crippen MR) is 69.9 cm³/mol. The molecule has 102 valence electrons. The first kappa shape index (κ1) is 13.4. The number of nitrogens with one attached hydrogen (secondary N) is 1. The summed E-state index contributed by atoms with van der Waals surface area (Å²) in [5, 5.41) is 2.82. The van der Waals surface area contributed by atoms with Crippen LogP contribution in [0.4, 0.5) is 0 Å². The first-order chi connectivity index (χ1) is 8.56. The molecule has 2 amide bonds. The van der Waals surface area contributed by atoms with E-state index in [-0.39, 0.29) is 29.9 Å². The van der Waals surface area contributed by atoms with E-state index in [1.165, 1.54) is 19.3 Å². The van der Waals surface area contributed by atoms with E-state index in [1.54, 1.807) is 0 Å². The smallest absolute Gasteiger partial charge is 0.246 e. The lowest BCUT2D eigenvalue weighted by Crippen LogP contribution is -2.65. The minimum absolute atomic E-state index is 0.000719. The Morgan fingerprint density at radius 3 is 2.50 bits per heavy atom. The fraction of sp³-hybridized carbons (Fsp3) is 0.857. The van der Waals surface area contributed by atoms with Gasteiger partial charge in [0.2, 0.25) is 11.8 Å². The van der Waals surface area contributed by atoms with E-state index in [0.717, 1.165) is 6.42 Å². The van der Waals surface area contributed by atoms with E-state index in [1.807, 2.05) is 18.7 Å². The van der Waals surface area contributed by atoms with Gasteiger partial charge in [-0.15, -0.1) is 0 Å². The molecular formula is C14H24N2O2. The van der Waals surface area contributed by atoms with Gasteiger partial charge < -0.3 is 10.2 Å². The molecule has 2 aliphatic rings. The van der Waals surface area contributed by atoms with E-state index in [4.69, 9.17) is 0 Å². The molecule has 1 aliphatic heterocycles. The fourth-order valence-corrected chi connectivity index (χ4v) is 3.29. The molecule has 2 rings (SSSR count). The molecule has 0 radical (unpaired) electrons. The van der Waals surface area contributed by atoms with Crippen LogP contribution in [-0.4, -0.2) is 34.8 Å². The van der Waals surface area contributed by atoms with Crippen LogP contribution in [0.1, 0.15) is 52.9 Å². The Hall–Kier alpha value is -1.06. The Bertz CT molecular complexity index is 343. The third-order valence-corrected chi connectivity index (χ3v) is 4.50. The van der Waals surface area contributed by atoms with Crippen molar-refractivity contribution in [3.05, 3.63) is 0 Å². The van der Waals surface area contributed by atoms with Crippen molar-refractivity contribution < 1.29 is 9.59 Å². The van der Waals surface area contributed by atoms with Crippen molar-refractivity contribution in [1.82, 2.24) is 10.2 Å². The van der Waals surface area contributed by atoms with Gasteiger partial charge in [-0.2, -0.15) is 0 Å². The minimum Gasteiger partial charge on any atom is -0.343 e. The lowest BCUT2D eigenvalue weighted by atomic mass is 9.83. The molecule has 0 aromatic heterocycles. The minimum atomic E-state index is -0.317. The highest BCUT2D eigenvalue weighted by Gasteiger charge is 2.42. The second kappa shape index (κ2) is 5.29. The Morgan fingerprint density at radius 1 is 1.22 bits per heavy atom. The maximum atomic E-state index is 12.5. The molecule has 4 nitrogen and oxygen atoms in total. The van der Waals surface area contributed by atoms with Crippen LogP contribution in [0, 0.1) is 5.92 Å². The van der Waals surface area contributed by atoms with Crippen molar-refractivity contribution in [1.29, 1.82) is 0 Å². The van der Waals surface area contributed by atoms with Gasteiger partial charge in [0.15, 0.2) is 0 Å². The number of piperazine rings is 1. The molecule has 1 aliphatic carbocycles. The van der Waals surface area contributed by atoms with Gasteiger partial charge in [0.05, 0.1) is 0 Å². The zero-order chi connectivity index (χ0) is 13.3. The largest absolute Gasteiger partial charge is 0.343 e. The second-order valence-electron chi connectivity index (χ2n) is 5.72. The lowest BCUT2D eigenvalue weighted by molar-refractivity contribution is -0.153. The van der Waals surface area contributed by atoms with E-state index < -0.39 is 0 Å². The number of carbonyl (C=O) groups is 2. The van der Waals surface area contributed by atoms with Crippen LogP contribution < -0.4 is 5.32 Å². The standard InChI is InChI=1S/C14H24N2O2/c1-4-11-14(18)16(10(3)13(17)15-11)12-8-6-5-7-9(12)2/h9-12H,4-8H2,1-3H3,(H,15,17). The molecule has 0 spiro atoms. The Balaban J connectivity index is 2.21. The van der Waals surface area contributed by atoms with Crippen molar-refractivity contribution in [3.63, 3.8) is 0 Å². The van der Waals surface area contributed by atoms with Crippen molar-refractivity contribution >= 4 is 11.8 Å². The molecule has 0 aromatic carbocycles. The first-order valence-corrected chi connectivity index (χ1v) is 7.18. The molecule has 18 heavy (non-hydrogen) atoms. The van der Waals surface area contributed by atoms with Crippen LogP contribution in [0.15, 0.2) is 0 Å². The molecule has 4 unspecified atom stereocenters. The molecular weight excluding hydrogens is 228 g/mol. The van der Waals surface area contributed by atoms with E-state index >= 15 is 0 Å². The van der Waals surface area contributed by atoms with Gasteiger partial charge in [0.25, 0.3) is 0 Å². The summed E-state index contributed by atoms with van der Waals surface area (Å²) in [7, 11) is 0. The summed E-state index contributed by atoms with van der Waals surface area (Å²) >= 11 is 0. The van der Waals surface area contributed by atoms with E-state index in [0.29, 0.717) is 12.3 Å². The summed E-state index contributed by atoms with van der Waals surface area (Å²) in [6, 6.07) is -0.380. The summed E-state index contributed by atoms with van der Waals surface area (Å²) in [6.07, 6.45) is 5.30. The number of hydrogen-bond acceptors (Lipinski definition) is 2. The molecule has 2 fully saturated rings. The van der Waals surface area contributed by atoms with Gasteiger partial charge >= 0.3 is 0 Å². The molecule has 4 heteroatoms. The highest BCUT2D eigenvalue weighted by Crippen LogP contribution is 2.31. The Labute approximate surface area is 109 Å². The second-order valence-corrected chi connectivity index (χ2v) is 5.72. The van der Waals surface area contributed by atoms with Gasteiger partial charge in [-0.25, -0.2) is 0 Å². The average molecular weight is 252 g/mol.